The van der Waals surface area contributed by atoms with Crippen molar-refractivity contribution in [2.75, 3.05) is 13.7 Å². The number of aryl methyl sites for hydroxylation is 1. The van der Waals surface area contributed by atoms with Crippen molar-refractivity contribution < 1.29 is 19.4 Å². The molecule has 2 N–H and O–H groups in total. The zero-order valence-electron chi connectivity index (χ0n) is 13.8. The van der Waals surface area contributed by atoms with E-state index in [-0.39, 0.29) is 18.9 Å². The molecule has 6 nitrogen and oxygen atoms in total. The molecule has 1 unspecified atom stereocenters. The second-order valence-electron chi connectivity index (χ2n) is 6.47. The third-order valence-corrected chi connectivity index (χ3v) is 5.46. The maximum absolute atomic E-state index is 12.6. The van der Waals surface area contributed by atoms with E-state index in [9.17, 15) is 9.59 Å². The summed E-state index contributed by atoms with van der Waals surface area (Å²) < 4.78 is 5.07. The van der Waals surface area contributed by atoms with Gasteiger partial charge in [0, 0.05) is 13.0 Å². The zero-order valence-corrected chi connectivity index (χ0v) is 14.7. The Morgan fingerprint density at radius 1 is 1.43 bits per heavy atom. The normalized spacial score (nSPS) is 17.9. The molecule has 1 aromatic heterocycles. The van der Waals surface area contributed by atoms with Crippen molar-refractivity contribution in [3.05, 3.63) is 15.6 Å². The van der Waals surface area contributed by atoms with E-state index in [0.29, 0.717) is 16.5 Å². The van der Waals surface area contributed by atoms with Crippen molar-refractivity contribution in [3.8, 4) is 0 Å². The number of rotatable bonds is 7. The summed E-state index contributed by atoms with van der Waals surface area (Å²) in [6.07, 6.45) is 4.51. The van der Waals surface area contributed by atoms with Crippen LogP contribution in [0.1, 0.15) is 65.3 Å². The molecule has 128 valence electrons. The summed E-state index contributed by atoms with van der Waals surface area (Å²) >= 11 is 1.43. The molecule has 2 rings (SSSR count). The van der Waals surface area contributed by atoms with Gasteiger partial charge in [0.1, 0.15) is 4.88 Å². The van der Waals surface area contributed by atoms with Gasteiger partial charge in [-0.2, -0.15) is 0 Å². The van der Waals surface area contributed by atoms with E-state index >= 15 is 0 Å². The second kappa shape index (κ2) is 7.40. The summed E-state index contributed by atoms with van der Waals surface area (Å²) in [6, 6.07) is 0. The van der Waals surface area contributed by atoms with Gasteiger partial charge >= 0.3 is 5.97 Å². The fourth-order valence-corrected chi connectivity index (χ4v) is 4.22. The van der Waals surface area contributed by atoms with E-state index in [0.717, 1.165) is 17.8 Å². The number of carbonyl (C=O) groups is 2. The molecule has 1 atom stereocenters. The van der Waals surface area contributed by atoms with Gasteiger partial charge in [-0.1, -0.05) is 12.8 Å². The zero-order chi connectivity index (χ0) is 17.0. The average molecular weight is 340 g/mol. The minimum Gasteiger partial charge on any atom is -0.481 e. The lowest BCUT2D eigenvalue weighted by Gasteiger charge is -2.28. The number of carboxylic acid groups (broad SMARTS) is 1. The van der Waals surface area contributed by atoms with Crippen LogP contribution in [-0.4, -0.2) is 41.2 Å². The molecule has 0 radical (unpaired) electrons. The molecular weight excluding hydrogens is 316 g/mol. The number of ether oxygens (including phenoxy) is 1. The van der Waals surface area contributed by atoms with Gasteiger partial charge in [-0.05, 0) is 26.7 Å². The summed E-state index contributed by atoms with van der Waals surface area (Å²) in [5.74, 6) is -0.785. The standard InChI is InChI=1S/C16H24N2O4S/c1-10-13(23-15(17-10)11-6-4-5-7-11)14(21)18-16(2,9-22-3)8-12(19)20/h11H,4-9H2,1-3H3,(H,18,21)(H,19,20). The Hall–Kier alpha value is -1.47. The monoisotopic (exact) mass is 340 g/mol. The fraction of sp³-hybridized carbons (Fsp3) is 0.688. The van der Waals surface area contributed by atoms with Crippen molar-refractivity contribution in [2.45, 2.75) is 57.4 Å². The number of nitrogens with one attached hydrogen (secondary N) is 1. The first-order valence-corrected chi connectivity index (χ1v) is 8.67. The first kappa shape index (κ1) is 17.9. The maximum Gasteiger partial charge on any atom is 0.305 e. The maximum atomic E-state index is 12.6. The SMILES string of the molecule is COCC(C)(CC(=O)O)NC(=O)c1sc(C2CCCC2)nc1C. The smallest absolute Gasteiger partial charge is 0.305 e. The van der Waals surface area contributed by atoms with Crippen molar-refractivity contribution in [1.29, 1.82) is 0 Å². The molecule has 7 heteroatoms. The van der Waals surface area contributed by atoms with Gasteiger partial charge < -0.3 is 15.2 Å². The lowest BCUT2D eigenvalue weighted by molar-refractivity contribution is -0.139. The van der Waals surface area contributed by atoms with Gasteiger partial charge in [0.15, 0.2) is 0 Å². The van der Waals surface area contributed by atoms with Crippen molar-refractivity contribution in [1.82, 2.24) is 10.3 Å². The Morgan fingerprint density at radius 3 is 2.65 bits per heavy atom. The Balaban J connectivity index is 2.13. The number of thiazole rings is 1. The minimum absolute atomic E-state index is 0.137. The second-order valence-corrected chi connectivity index (χ2v) is 7.50. The van der Waals surface area contributed by atoms with Gasteiger partial charge in [-0.15, -0.1) is 11.3 Å². The Labute approximate surface area is 140 Å². The number of methoxy groups -OCH3 is 1. The van der Waals surface area contributed by atoms with Gasteiger partial charge in [0.2, 0.25) is 0 Å². The van der Waals surface area contributed by atoms with Crippen LogP contribution >= 0.6 is 11.3 Å². The fourth-order valence-electron chi connectivity index (χ4n) is 3.09. The van der Waals surface area contributed by atoms with Crippen LogP contribution in [0.5, 0.6) is 0 Å². The number of aliphatic carboxylic acids is 1. The molecule has 1 aromatic rings. The highest BCUT2D eigenvalue weighted by atomic mass is 32.1. The highest BCUT2D eigenvalue weighted by Crippen LogP contribution is 2.37. The molecule has 1 saturated carbocycles. The van der Waals surface area contributed by atoms with Gasteiger partial charge in [0.05, 0.1) is 29.3 Å². The highest BCUT2D eigenvalue weighted by molar-refractivity contribution is 7.13. The lowest BCUT2D eigenvalue weighted by Crippen LogP contribution is -2.50. The number of amides is 1. The van der Waals surface area contributed by atoms with Crippen molar-refractivity contribution in [2.24, 2.45) is 0 Å². The molecule has 0 aromatic carbocycles. The van der Waals surface area contributed by atoms with Crippen LogP contribution in [-0.2, 0) is 9.53 Å². The molecule has 0 bridgehead atoms. The molecule has 0 aliphatic heterocycles. The van der Waals surface area contributed by atoms with Gasteiger partial charge in [-0.25, -0.2) is 4.98 Å². The van der Waals surface area contributed by atoms with Crippen LogP contribution < -0.4 is 5.32 Å². The topological polar surface area (TPSA) is 88.5 Å². The van der Waals surface area contributed by atoms with E-state index < -0.39 is 11.5 Å². The third kappa shape index (κ3) is 4.51. The van der Waals surface area contributed by atoms with E-state index in [1.54, 1.807) is 6.92 Å². The first-order valence-electron chi connectivity index (χ1n) is 7.85. The molecule has 1 aliphatic carbocycles. The van der Waals surface area contributed by atoms with Crippen LogP contribution in [0.15, 0.2) is 0 Å². The van der Waals surface area contributed by atoms with Crippen LogP contribution in [0, 0.1) is 6.92 Å². The minimum atomic E-state index is -0.975. The quantitative estimate of drug-likeness (QED) is 0.797. The molecule has 1 amide bonds. The molecule has 0 spiro atoms. The van der Waals surface area contributed by atoms with Gasteiger partial charge in [0.25, 0.3) is 5.91 Å². The van der Waals surface area contributed by atoms with E-state index in [2.05, 4.69) is 10.3 Å². The molecule has 23 heavy (non-hydrogen) atoms. The van der Waals surface area contributed by atoms with Crippen LogP contribution in [0.3, 0.4) is 0 Å². The van der Waals surface area contributed by atoms with Crippen LogP contribution in [0.25, 0.3) is 0 Å². The largest absolute Gasteiger partial charge is 0.481 e. The Bertz CT molecular complexity index is 581. The Morgan fingerprint density at radius 2 is 2.09 bits per heavy atom. The van der Waals surface area contributed by atoms with E-state index in [4.69, 9.17) is 9.84 Å². The van der Waals surface area contributed by atoms with E-state index in [1.807, 2.05) is 6.92 Å². The summed E-state index contributed by atoms with van der Waals surface area (Å²) in [4.78, 5) is 28.7. The number of carbonyl (C=O) groups excluding carboxylic acids is 1. The summed E-state index contributed by atoms with van der Waals surface area (Å²) in [6.45, 7) is 3.64. The number of hydrogen-bond donors (Lipinski definition) is 2. The first-order chi connectivity index (χ1) is 10.8. The molecule has 1 aliphatic rings. The number of hydrogen-bond acceptors (Lipinski definition) is 5. The van der Waals surface area contributed by atoms with E-state index in [1.165, 1.54) is 31.3 Å². The lowest BCUT2D eigenvalue weighted by atomic mass is 9.99. The predicted octanol–water partition coefficient (Wildman–Crippen LogP) is 2.72. The number of aromatic nitrogens is 1. The average Bonchev–Trinajstić information content (AvgIpc) is 3.06. The molecule has 0 saturated heterocycles. The Kier molecular flexibility index (Phi) is 5.75. The summed E-state index contributed by atoms with van der Waals surface area (Å²) in [7, 11) is 1.49. The van der Waals surface area contributed by atoms with Crippen molar-refractivity contribution >= 4 is 23.2 Å². The molecule has 1 fully saturated rings. The van der Waals surface area contributed by atoms with Gasteiger partial charge in [-0.3, -0.25) is 9.59 Å². The summed E-state index contributed by atoms with van der Waals surface area (Å²) in [5, 5.41) is 12.9. The number of carboxylic acids is 1. The third-order valence-electron chi connectivity index (χ3n) is 4.14. The molecule has 1 heterocycles. The number of nitrogens with zero attached hydrogens (tertiary/aromatic N) is 1. The molecular formula is C16H24N2O4S. The highest BCUT2D eigenvalue weighted by Gasteiger charge is 2.32. The predicted molar refractivity (Wildman–Crippen MR) is 88.1 cm³/mol. The van der Waals surface area contributed by atoms with Crippen LogP contribution in [0.2, 0.25) is 0 Å². The van der Waals surface area contributed by atoms with Crippen LogP contribution in [0.4, 0.5) is 0 Å². The summed E-state index contributed by atoms with van der Waals surface area (Å²) in [5.41, 5.74) is -0.230. The van der Waals surface area contributed by atoms with Crippen molar-refractivity contribution in [3.63, 3.8) is 0 Å².